The van der Waals surface area contributed by atoms with Crippen LogP contribution in [-0.2, 0) is 4.79 Å². The number of carbonyl (C=O) groups excluding carboxylic acids is 1. The zero-order chi connectivity index (χ0) is 11.7. The first-order valence-electron chi connectivity index (χ1n) is 5.64. The monoisotopic (exact) mass is 218 g/mol. The van der Waals surface area contributed by atoms with Gasteiger partial charge < -0.3 is 4.90 Å². The minimum atomic E-state index is 0.195. The summed E-state index contributed by atoms with van der Waals surface area (Å²) in [5, 5.41) is 0. The van der Waals surface area contributed by atoms with Crippen molar-refractivity contribution in [3.63, 3.8) is 0 Å². The lowest BCUT2D eigenvalue weighted by molar-refractivity contribution is -0.120. The van der Waals surface area contributed by atoms with E-state index in [9.17, 15) is 4.79 Å². The Balaban J connectivity index is 2.27. The van der Waals surface area contributed by atoms with Crippen LogP contribution in [0.1, 0.15) is 11.1 Å². The van der Waals surface area contributed by atoms with Crippen LogP contribution < -0.4 is 4.90 Å². The number of hydrogen-bond acceptors (Lipinski definition) is 2. The number of hydrogen-bond donors (Lipinski definition) is 0. The molecule has 2 rings (SSSR count). The van der Waals surface area contributed by atoms with E-state index in [4.69, 9.17) is 0 Å². The number of amides is 1. The van der Waals surface area contributed by atoms with Gasteiger partial charge in [0.15, 0.2) is 0 Å². The predicted octanol–water partition coefficient (Wildman–Crippen LogP) is 1.58. The Morgan fingerprint density at radius 3 is 2.56 bits per heavy atom. The minimum absolute atomic E-state index is 0.195. The molecule has 0 aromatic heterocycles. The number of benzene rings is 1. The maximum atomic E-state index is 11.9. The summed E-state index contributed by atoms with van der Waals surface area (Å²) in [5.74, 6) is 0.195. The van der Waals surface area contributed by atoms with Gasteiger partial charge in [0, 0.05) is 18.8 Å². The molecule has 16 heavy (non-hydrogen) atoms. The summed E-state index contributed by atoms with van der Waals surface area (Å²) in [6.07, 6.45) is 0. The molecule has 86 valence electrons. The summed E-state index contributed by atoms with van der Waals surface area (Å²) in [7, 11) is 1.98. The van der Waals surface area contributed by atoms with E-state index >= 15 is 0 Å². The van der Waals surface area contributed by atoms with Crippen LogP contribution in [-0.4, -0.2) is 37.5 Å². The highest BCUT2D eigenvalue weighted by Crippen LogP contribution is 2.22. The van der Waals surface area contributed by atoms with Gasteiger partial charge in [-0.15, -0.1) is 0 Å². The van der Waals surface area contributed by atoms with E-state index in [2.05, 4.69) is 30.9 Å². The zero-order valence-electron chi connectivity index (χ0n) is 10.2. The van der Waals surface area contributed by atoms with Crippen molar-refractivity contribution >= 4 is 11.6 Å². The molecule has 1 aliphatic heterocycles. The minimum Gasteiger partial charge on any atom is -0.310 e. The molecule has 3 nitrogen and oxygen atoms in total. The smallest absolute Gasteiger partial charge is 0.241 e. The van der Waals surface area contributed by atoms with E-state index in [1.54, 1.807) is 0 Å². The van der Waals surface area contributed by atoms with Gasteiger partial charge in [0.2, 0.25) is 5.91 Å². The number of rotatable bonds is 1. The summed E-state index contributed by atoms with van der Waals surface area (Å²) in [6, 6.07) is 6.24. The molecule has 1 saturated heterocycles. The van der Waals surface area contributed by atoms with Gasteiger partial charge in [-0.05, 0) is 32.5 Å². The van der Waals surface area contributed by atoms with Crippen LogP contribution in [0.4, 0.5) is 5.69 Å². The fourth-order valence-electron chi connectivity index (χ4n) is 2.15. The normalized spacial score (nSPS) is 17.9. The molecule has 3 heteroatoms. The van der Waals surface area contributed by atoms with Crippen molar-refractivity contribution < 1.29 is 4.79 Å². The van der Waals surface area contributed by atoms with Gasteiger partial charge in [-0.2, -0.15) is 0 Å². The molecule has 1 aromatic carbocycles. The lowest BCUT2D eigenvalue weighted by Gasteiger charge is -2.33. The molecule has 0 radical (unpaired) electrons. The van der Waals surface area contributed by atoms with Crippen molar-refractivity contribution in [2.75, 3.05) is 31.6 Å². The Morgan fingerprint density at radius 1 is 1.19 bits per heavy atom. The third kappa shape index (κ3) is 2.09. The summed E-state index contributed by atoms with van der Waals surface area (Å²) >= 11 is 0. The molecule has 1 amide bonds. The van der Waals surface area contributed by atoms with Crippen molar-refractivity contribution in [1.29, 1.82) is 0 Å². The number of carbonyl (C=O) groups is 1. The van der Waals surface area contributed by atoms with E-state index in [0.29, 0.717) is 6.54 Å². The summed E-state index contributed by atoms with van der Waals surface area (Å²) in [6.45, 7) is 6.39. The maximum Gasteiger partial charge on any atom is 0.241 e. The van der Waals surface area contributed by atoms with E-state index in [1.807, 2.05) is 18.0 Å². The fourth-order valence-corrected chi connectivity index (χ4v) is 2.15. The van der Waals surface area contributed by atoms with Crippen LogP contribution in [0.15, 0.2) is 18.2 Å². The van der Waals surface area contributed by atoms with Gasteiger partial charge in [-0.1, -0.05) is 17.7 Å². The Morgan fingerprint density at radius 2 is 1.94 bits per heavy atom. The van der Waals surface area contributed by atoms with Crippen molar-refractivity contribution in [1.82, 2.24) is 4.90 Å². The Bertz CT molecular complexity index is 414. The molecule has 0 bridgehead atoms. The van der Waals surface area contributed by atoms with Crippen LogP contribution in [0.5, 0.6) is 0 Å². The first-order chi connectivity index (χ1) is 7.58. The quantitative estimate of drug-likeness (QED) is 0.714. The molecule has 0 unspecified atom stereocenters. The van der Waals surface area contributed by atoms with Gasteiger partial charge in [-0.3, -0.25) is 9.69 Å². The molecular formula is C13H18N2O. The molecule has 0 atom stereocenters. The van der Waals surface area contributed by atoms with E-state index in [-0.39, 0.29) is 5.91 Å². The third-order valence-corrected chi connectivity index (χ3v) is 3.05. The van der Waals surface area contributed by atoms with Gasteiger partial charge in [-0.25, -0.2) is 0 Å². The van der Waals surface area contributed by atoms with Gasteiger partial charge in [0.05, 0.1) is 6.54 Å². The van der Waals surface area contributed by atoms with Crippen molar-refractivity contribution in [3.05, 3.63) is 29.3 Å². The fraction of sp³-hybridized carbons (Fsp3) is 0.462. The highest BCUT2D eigenvalue weighted by Gasteiger charge is 2.23. The lowest BCUT2D eigenvalue weighted by atomic mass is 10.1. The Labute approximate surface area is 96.7 Å². The van der Waals surface area contributed by atoms with Crippen LogP contribution in [0, 0.1) is 13.8 Å². The highest BCUT2D eigenvalue weighted by molar-refractivity contribution is 5.96. The second kappa shape index (κ2) is 4.26. The SMILES string of the molecule is Cc1ccc(N2CCN(C)CC2=O)c(C)c1. The van der Waals surface area contributed by atoms with Gasteiger partial charge in [0.1, 0.15) is 0 Å². The predicted molar refractivity (Wildman–Crippen MR) is 65.8 cm³/mol. The van der Waals surface area contributed by atoms with Gasteiger partial charge >= 0.3 is 0 Å². The molecule has 0 saturated carbocycles. The molecule has 1 fully saturated rings. The highest BCUT2D eigenvalue weighted by atomic mass is 16.2. The number of likely N-dealkylation sites (N-methyl/N-ethyl adjacent to an activating group) is 1. The standard InChI is InChI=1S/C13H18N2O/c1-10-4-5-12(11(2)8-10)15-7-6-14(3)9-13(15)16/h4-5,8H,6-7,9H2,1-3H3. The number of nitrogens with zero attached hydrogens (tertiary/aromatic N) is 2. The molecule has 0 aliphatic carbocycles. The topological polar surface area (TPSA) is 23.6 Å². The Kier molecular flexibility index (Phi) is 2.97. The molecule has 0 N–H and O–H groups in total. The van der Waals surface area contributed by atoms with E-state index < -0.39 is 0 Å². The molecule has 1 aromatic rings. The van der Waals surface area contributed by atoms with E-state index in [1.165, 1.54) is 11.1 Å². The average molecular weight is 218 g/mol. The lowest BCUT2D eigenvalue weighted by Crippen LogP contribution is -2.49. The molecule has 1 aliphatic rings. The van der Waals surface area contributed by atoms with Crippen LogP contribution in [0.2, 0.25) is 0 Å². The third-order valence-electron chi connectivity index (χ3n) is 3.05. The van der Waals surface area contributed by atoms with Gasteiger partial charge in [0.25, 0.3) is 0 Å². The van der Waals surface area contributed by atoms with Crippen LogP contribution in [0.3, 0.4) is 0 Å². The second-order valence-corrected chi connectivity index (χ2v) is 4.57. The first-order valence-corrected chi connectivity index (χ1v) is 5.64. The molecule has 0 spiro atoms. The van der Waals surface area contributed by atoms with Crippen LogP contribution >= 0.6 is 0 Å². The number of anilines is 1. The molecule has 1 heterocycles. The van der Waals surface area contributed by atoms with Crippen molar-refractivity contribution in [3.8, 4) is 0 Å². The van der Waals surface area contributed by atoms with Crippen molar-refractivity contribution in [2.24, 2.45) is 0 Å². The molecular weight excluding hydrogens is 200 g/mol. The van der Waals surface area contributed by atoms with Crippen LogP contribution in [0.25, 0.3) is 0 Å². The zero-order valence-corrected chi connectivity index (χ0v) is 10.2. The largest absolute Gasteiger partial charge is 0.310 e. The Hall–Kier alpha value is -1.35. The number of piperazine rings is 1. The maximum absolute atomic E-state index is 11.9. The average Bonchev–Trinajstić information content (AvgIpc) is 2.19. The first kappa shape index (κ1) is 11.1. The summed E-state index contributed by atoms with van der Waals surface area (Å²) < 4.78 is 0. The number of aryl methyl sites for hydroxylation is 2. The second-order valence-electron chi connectivity index (χ2n) is 4.57. The van der Waals surface area contributed by atoms with Crippen molar-refractivity contribution in [2.45, 2.75) is 13.8 Å². The summed E-state index contributed by atoms with van der Waals surface area (Å²) in [5.41, 5.74) is 3.48. The van der Waals surface area contributed by atoms with E-state index in [0.717, 1.165) is 18.8 Å². The summed E-state index contributed by atoms with van der Waals surface area (Å²) in [4.78, 5) is 15.9.